The first-order valence-electron chi connectivity index (χ1n) is 9.26. The average Bonchev–Trinajstić information content (AvgIpc) is 3.35. The van der Waals surface area contributed by atoms with Gasteiger partial charge in [0.1, 0.15) is 12.0 Å². The minimum atomic E-state index is -0.222. The second-order valence-corrected chi connectivity index (χ2v) is 6.89. The molecule has 7 nitrogen and oxygen atoms in total. The van der Waals surface area contributed by atoms with Crippen LogP contribution in [0.1, 0.15) is 23.1 Å². The fourth-order valence-corrected chi connectivity index (χ4v) is 2.83. The van der Waals surface area contributed by atoms with Gasteiger partial charge in [-0.25, -0.2) is 9.78 Å². The Labute approximate surface area is 164 Å². The van der Waals surface area contributed by atoms with Gasteiger partial charge in [0, 0.05) is 25.1 Å². The summed E-state index contributed by atoms with van der Waals surface area (Å²) < 4.78 is 11.0. The number of carbonyl (C=O) groups excluding carboxylic acids is 1. The Kier molecular flexibility index (Phi) is 6.49. The maximum Gasteiger partial charge on any atom is 0.314 e. The molecule has 0 aliphatic carbocycles. The Hall–Kier alpha value is -3.06. The molecular weight excluding hydrogens is 356 g/mol. The summed E-state index contributed by atoms with van der Waals surface area (Å²) in [5.41, 5.74) is 2.93. The second kappa shape index (κ2) is 9.23. The topological polar surface area (TPSA) is 83.5 Å². The Morgan fingerprint density at radius 1 is 1.14 bits per heavy atom. The summed E-state index contributed by atoms with van der Waals surface area (Å²) in [4.78, 5) is 18.6. The molecule has 0 aliphatic heterocycles. The second-order valence-electron chi connectivity index (χ2n) is 6.89. The maximum absolute atomic E-state index is 12.1. The van der Waals surface area contributed by atoms with E-state index < -0.39 is 0 Å². The minimum absolute atomic E-state index is 0.0200. The van der Waals surface area contributed by atoms with Crippen molar-refractivity contribution in [1.82, 2.24) is 20.5 Å². The van der Waals surface area contributed by atoms with Crippen molar-refractivity contribution < 1.29 is 13.6 Å². The highest BCUT2D eigenvalue weighted by molar-refractivity contribution is 5.73. The molecular formula is C21H26N4O3. The van der Waals surface area contributed by atoms with Crippen LogP contribution in [0.3, 0.4) is 0 Å². The van der Waals surface area contributed by atoms with Crippen molar-refractivity contribution in [3.8, 4) is 11.5 Å². The van der Waals surface area contributed by atoms with Gasteiger partial charge in [-0.15, -0.1) is 0 Å². The van der Waals surface area contributed by atoms with Gasteiger partial charge in [-0.05, 0) is 45.3 Å². The number of oxazole rings is 1. The third-order valence-corrected chi connectivity index (χ3v) is 4.47. The zero-order valence-corrected chi connectivity index (χ0v) is 16.4. The lowest BCUT2D eigenvalue weighted by atomic mass is 10.1. The van der Waals surface area contributed by atoms with E-state index in [2.05, 4.69) is 15.6 Å². The molecule has 2 heterocycles. The fourth-order valence-electron chi connectivity index (χ4n) is 2.83. The van der Waals surface area contributed by atoms with Crippen molar-refractivity contribution in [3.05, 3.63) is 65.9 Å². The normalized spacial score (nSPS) is 12.1. The monoisotopic (exact) mass is 382 g/mol. The number of rotatable bonds is 8. The highest BCUT2D eigenvalue weighted by Crippen LogP contribution is 2.19. The Morgan fingerprint density at radius 3 is 2.61 bits per heavy atom. The number of aromatic nitrogens is 1. The van der Waals surface area contributed by atoms with Crippen LogP contribution in [-0.4, -0.2) is 43.1 Å². The van der Waals surface area contributed by atoms with Crippen LogP contribution in [0.4, 0.5) is 4.79 Å². The maximum atomic E-state index is 12.1. The predicted molar refractivity (Wildman–Crippen MR) is 107 cm³/mol. The van der Waals surface area contributed by atoms with Gasteiger partial charge in [0.25, 0.3) is 0 Å². The zero-order chi connectivity index (χ0) is 19.9. The standard InChI is InChI=1S/C21H26N4O3/c1-15-6-8-16(9-7-15)20-24-17(14-28-20)10-11-22-21(26)23-13-18(25(2)3)19-5-4-12-27-19/h4-9,12,14,18H,10-11,13H2,1-3H3,(H2,22,23,26). The van der Waals surface area contributed by atoms with Gasteiger partial charge in [-0.1, -0.05) is 17.7 Å². The number of urea groups is 1. The first-order chi connectivity index (χ1) is 13.5. The lowest BCUT2D eigenvalue weighted by molar-refractivity contribution is 0.225. The molecule has 2 N–H and O–H groups in total. The Balaban J connectivity index is 1.43. The Morgan fingerprint density at radius 2 is 1.93 bits per heavy atom. The fraction of sp³-hybridized carbons (Fsp3) is 0.333. The van der Waals surface area contributed by atoms with Gasteiger partial charge in [0.15, 0.2) is 0 Å². The quantitative estimate of drug-likeness (QED) is 0.624. The number of carbonyl (C=O) groups is 1. The van der Waals surface area contributed by atoms with Gasteiger partial charge < -0.3 is 19.5 Å². The molecule has 0 spiro atoms. The summed E-state index contributed by atoms with van der Waals surface area (Å²) in [6, 6.07) is 11.5. The van der Waals surface area contributed by atoms with Crippen LogP contribution >= 0.6 is 0 Å². The van der Waals surface area contributed by atoms with E-state index in [1.807, 2.05) is 62.3 Å². The number of amides is 2. The molecule has 1 aromatic carbocycles. The molecule has 3 aromatic rings. The van der Waals surface area contributed by atoms with Gasteiger partial charge in [-0.2, -0.15) is 0 Å². The van der Waals surface area contributed by atoms with Crippen molar-refractivity contribution in [2.75, 3.05) is 27.2 Å². The molecule has 1 atom stereocenters. The van der Waals surface area contributed by atoms with Crippen molar-refractivity contribution in [2.45, 2.75) is 19.4 Å². The molecule has 0 fully saturated rings. The first-order valence-corrected chi connectivity index (χ1v) is 9.26. The predicted octanol–water partition coefficient (Wildman–Crippen LogP) is 3.39. The van der Waals surface area contributed by atoms with E-state index >= 15 is 0 Å². The average molecular weight is 382 g/mol. The van der Waals surface area contributed by atoms with Crippen molar-refractivity contribution in [1.29, 1.82) is 0 Å². The van der Waals surface area contributed by atoms with E-state index in [0.29, 0.717) is 25.4 Å². The smallest absolute Gasteiger partial charge is 0.314 e. The van der Waals surface area contributed by atoms with Crippen molar-refractivity contribution in [2.24, 2.45) is 0 Å². The van der Waals surface area contributed by atoms with E-state index in [0.717, 1.165) is 17.0 Å². The number of nitrogens with zero attached hydrogens (tertiary/aromatic N) is 2. The highest BCUT2D eigenvalue weighted by atomic mass is 16.3. The molecule has 0 bridgehead atoms. The van der Waals surface area contributed by atoms with Crippen LogP contribution in [0.5, 0.6) is 0 Å². The largest absolute Gasteiger partial charge is 0.468 e. The van der Waals surface area contributed by atoms with E-state index in [4.69, 9.17) is 8.83 Å². The molecule has 2 amide bonds. The van der Waals surface area contributed by atoms with Gasteiger partial charge in [0.05, 0.1) is 18.0 Å². The number of likely N-dealkylation sites (N-methyl/N-ethyl adjacent to an activating group) is 1. The number of nitrogens with one attached hydrogen (secondary N) is 2. The zero-order valence-electron chi connectivity index (χ0n) is 16.4. The molecule has 0 saturated carbocycles. The van der Waals surface area contributed by atoms with E-state index in [1.165, 1.54) is 5.56 Å². The number of benzene rings is 1. The molecule has 148 valence electrons. The van der Waals surface area contributed by atoms with Gasteiger partial charge >= 0.3 is 6.03 Å². The summed E-state index contributed by atoms with van der Waals surface area (Å²) in [6.45, 7) is 2.96. The lowest BCUT2D eigenvalue weighted by Gasteiger charge is -2.22. The minimum Gasteiger partial charge on any atom is -0.468 e. The summed E-state index contributed by atoms with van der Waals surface area (Å²) in [5, 5.41) is 5.73. The lowest BCUT2D eigenvalue weighted by Crippen LogP contribution is -2.41. The van der Waals surface area contributed by atoms with E-state index in [9.17, 15) is 4.79 Å². The Bertz CT molecular complexity index is 869. The number of aryl methyl sites for hydroxylation is 1. The summed E-state index contributed by atoms with van der Waals surface area (Å²) in [5.74, 6) is 1.41. The van der Waals surface area contributed by atoms with Crippen molar-refractivity contribution in [3.63, 3.8) is 0 Å². The number of furan rings is 1. The van der Waals surface area contributed by atoms with Gasteiger partial charge in [0.2, 0.25) is 5.89 Å². The van der Waals surface area contributed by atoms with Crippen LogP contribution in [0.15, 0.2) is 57.8 Å². The molecule has 7 heteroatoms. The molecule has 2 aromatic heterocycles. The van der Waals surface area contributed by atoms with Crippen LogP contribution in [0, 0.1) is 6.92 Å². The van der Waals surface area contributed by atoms with Crippen LogP contribution < -0.4 is 10.6 Å². The third kappa shape index (κ3) is 5.23. The summed E-state index contributed by atoms with van der Waals surface area (Å²) in [7, 11) is 3.89. The summed E-state index contributed by atoms with van der Waals surface area (Å²) in [6.07, 6.45) is 3.86. The van der Waals surface area contributed by atoms with E-state index in [1.54, 1.807) is 12.5 Å². The molecule has 0 radical (unpaired) electrons. The van der Waals surface area contributed by atoms with Crippen LogP contribution in [-0.2, 0) is 6.42 Å². The number of hydrogen-bond acceptors (Lipinski definition) is 5. The first kappa shape index (κ1) is 19.7. The third-order valence-electron chi connectivity index (χ3n) is 4.47. The van der Waals surface area contributed by atoms with Gasteiger partial charge in [-0.3, -0.25) is 4.90 Å². The van der Waals surface area contributed by atoms with Crippen molar-refractivity contribution >= 4 is 6.03 Å². The molecule has 28 heavy (non-hydrogen) atoms. The molecule has 0 saturated heterocycles. The van der Waals surface area contributed by atoms with E-state index in [-0.39, 0.29) is 12.1 Å². The SMILES string of the molecule is Cc1ccc(-c2nc(CCNC(=O)NCC(c3ccco3)N(C)C)co2)cc1. The van der Waals surface area contributed by atoms with Crippen LogP contribution in [0.25, 0.3) is 11.5 Å². The molecule has 0 aliphatic rings. The van der Waals surface area contributed by atoms with Crippen LogP contribution in [0.2, 0.25) is 0 Å². The molecule has 1 unspecified atom stereocenters. The number of hydrogen-bond donors (Lipinski definition) is 2. The summed E-state index contributed by atoms with van der Waals surface area (Å²) >= 11 is 0. The molecule has 3 rings (SSSR count). The highest BCUT2D eigenvalue weighted by Gasteiger charge is 2.17.